The summed E-state index contributed by atoms with van der Waals surface area (Å²) in [6.07, 6.45) is 4.47. The van der Waals surface area contributed by atoms with Gasteiger partial charge in [0, 0.05) is 18.6 Å². The molecule has 2 atom stereocenters. The summed E-state index contributed by atoms with van der Waals surface area (Å²) in [6, 6.07) is 1.45. The topological polar surface area (TPSA) is 24.5 Å². The summed E-state index contributed by atoms with van der Waals surface area (Å²) < 4.78 is 5.62. The fraction of sp³-hybridized carbons (Fsp3) is 1.00. The highest BCUT2D eigenvalue weighted by molar-refractivity contribution is 4.81. The molecule has 15 heavy (non-hydrogen) atoms. The Bertz CT molecular complexity index is 194. The van der Waals surface area contributed by atoms with Gasteiger partial charge in [-0.25, -0.2) is 0 Å². The Morgan fingerprint density at radius 2 is 2.13 bits per heavy atom. The van der Waals surface area contributed by atoms with E-state index in [2.05, 4.69) is 24.1 Å². The molecule has 2 aliphatic rings. The summed E-state index contributed by atoms with van der Waals surface area (Å²) in [5, 5.41) is 3.56. The lowest BCUT2D eigenvalue weighted by atomic mass is 10.2. The van der Waals surface area contributed by atoms with Crippen molar-refractivity contribution < 1.29 is 4.74 Å². The maximum atomic E-state index is 5.62. The van der Waals surface area contributed by atoms with Gasteiger partial charge in [0.1, 0.15) is 0 Å². The van der Waals surface area contributed by atoms with Crippen LogP contribution in [0.3, 0.4) is 0 Å². The fourth-order valence-corrected chi connectivity index (χ4v) is 2.16. The van der Waals surface area contributed by atoms with E-state index < -0.39 is 0 Å². The molecule has 1 saturated heterocycles. The molecular formula is C12H24N2O. The molecule has 1 aliphatic heterocycles. The molecular weight excluding hydrogens is 188 g/mol. The van der Waals surface area contributed by atoms with Gasteiger partial charge in [-0.15, -0.1) is 0 Å². The Balaban J connectivity index is 1.58. The molecule has 1 aliphatic carbocycles. The van der Waals surface area contributed by atoms with Crippen LogP contribution in [-0.4, -0.2) is 49.3 Å². The van der Waals surface area contributed by atoms with Crippen molar-refractivity contribution in [2.75, 3.05) is 26.2 Å². The van der Waals surface area contributed by atoms with Crippen LogP contribution in [-0.2, 0) is 4.74 Å². The SMILES string of the molecule is CC1CN(CCCNC2CC2)C(C)CO1. The highest BCUT2D eigenvalue weighted by Crippen LogP contribution is 2.18. The zero-order valence-corrected chi connectivity index (χ0v) is 10.0. The van der Waals surface area contributed by atoms with Crippen LogP contribution in [0.5, 0.6) is 0 Å². The maximum Gasteiger partial charge on any atom is 0.0674 e. The van der Waals surface area contributed by atoms with Gasteiger partial charge in [0.25, 0.3) is 0 Å². The summed E-state index contributed by atoms with van der Waals surface area (Å²) in [5.74, 6) is 0. The van der Waals surface area contributed by atoms with Crippen molar-refractivity contribution in [3.05, 3.63) is 0 Å². The number of rotatable bonds is 5. The van der Waals surface area contributed by atoms with Crippen LogP contribution in [0.15, 0.2) is 0 Å². The molecule has 1 heterocycles. The molecule has 0 amide bonds. The average Bonchev–Trinajstić information content (AvgIpc) is 3.01. The summed E-state index contributed by atoms with van der Waals surface area (Å²) in [7, 11) is 0. The molecule has 2 fully saturated rings. The minimum Gasteiger partial charge on any atom is -0.376 e. The molecule has 0 radical (unpaired) electrons. The fourth-order valence-electron chi connectivity index (χ4n) is 2.16. The summed E-state index contributed by atoms with van der Waals surface area (Å²) in [6.45, 7) is 8.83. The van der Waals surface area contributed by atoms with Gasteiger partial charge in [0.2, 0.25) is 0 Å². The number of ether oxygens (including phenoxy) is 1. The second kappa shape index (κ2) is 5.28. The van der Waals surface area contributed by atoms with Crippen molar-refractivity contribution in [1.82, 2.24) is 10.2 Å². The molecule has 2 rings (SSSR count). The van der Waals surface area contributed by atoms with Crippen molar-refractivity contribution in [2.45, 2.75) is 51.3 Å². The molecule has 1 saturated carbocycles. The largest absolute Gasteiger partial charge is 0.376 e. The minimum atomic E-state index is 0.414. The average molecular weight is 212 g/mol. The zero-order valence-electron chi connectivity index (χ0n) is 10.0. The summed E-state index contributed by atoms with van der Waals surface area (Å²) in [4.78, 5) is 2.56. The Labute approximate surface area is 93.2 Å². The van der Waals surface area contributed by atoms with E-state index in [0.29, 0.717) is 12.1 Å². The third kappa shape index (κ3) is 3.74. The van der Waals surface area contributed by atoms with Crippen molar-refractivity contribution in [1.29, 1.82) is 0 Å². The third-order valence-electron chi connectivity index (χ3n) is 3.37. The van der Waals surface area contributed by atoms with Gasteiger partial charge in [0.05, 0.1) is 12.7 Å². The molecule has 1 N–H and O–H groups in total. The van der Waals surface area contributed by atoms with E-state index in [1.807, 2.05) is 0 Å². The van der Waals surface area contributed by atoms with E-state index in [1.54, 1.807) is 0 Å². The van der Waals surface area contributed by atoms with Gasteiger partial charge in [0.15, 0.2) is 0 Å². The van der Waals surface area contributed by atoms with E-state index in [9.17, 15) is 0 Å². The zero-order chi connectivity index (χ0) is 10.7. The molecule has 2 unspecified atom stereocenters. The van der Waals surface area contributed by atoms with Crippen LogP contribution in [0.1, 0.15) is 33.1 Å². The van der Waals surface area contributed by atoms with E-state index >= 15 is 0 Å². The molecule has 0 spiro atoms. The van der Waals surface area contributed by atoms with Gasteiger partial charge < -0.3 is 10.1 Å². The Hall–Kier alpha value is -0.120. The van der Waals surface area contributed by atoms with Crippen LogP contribution in [0, 0.1) is 0 Å². The maximum absolute atomic E-state index is 5.62. The predicted molar refractivity (Wildman–Crippen MR) is 62.1 cm³/mol. The number of nitrogens with zero attached hydrogens (tertiary/aromatic N) is 1. The third-order valence-corrected chi connectivity index (χ3v) is 3.37. The Kier molecular flexibility index (Phi) is 4.00. The van der Waals surface area contributed by atoms with Gasteiger partial charge in [-0.2, -0.15) is 0 Å². The van der Waals surface area contributed by atoms with Crippen LogP contribution < -0.4 is 5.32 Å². The standard InChI is InChI=1S/C12H24N2O/c1-10-9-15-11(2)8-14(10)7-3-6-13-12-4-5-12/h10-13H,3-9H2,1-2H3. The molecule has 3 nitrogen and oxygen atoms in total. The van der Waals surface area contributed by atoms with Gasteiger partial charge >= 0.3 is 0 Å². The number of hydrogen-bond donors (Lipinski definition) is 1. The molecule has 88 valence electrons. The lowest BCUT2D eigenvalue weighted by molar-refractivity contribution is -0.0494. The lowest BCUT2D eigenvalue weighted by Crippen LogP contribution is -2.47. The molecule has 0 aromatic rings. The first-order valence-corrected chi connectivity index (χ1v) is 6.34. The number of morpholine rings is 1. The van der Waals surface area contributed by atoms with Crippen LogP contribution in [0.4, 0.5) is 0 Å². The second-order valence-corrected chi connectivity index (χ2v) is 5.07. The van der Waals surface area contributed by atoms with E-state index in [-0.39, 0.29) is 0 Å². The van der Waals surface area contributed by atoms with Crippen molar-refractivity contribution in [2.24, 2.45) is 0 Å². The van der Waals surface area contributed by atoms with E-state index in [0.717, 1.165) is 19.2 Å². The van der Waals surface area contributed by atoms with Gasteiger partial charge in [-0.1, -0.05) is 0 Å². The Morgan fingerprint density at radius 3 is 2.87 bits per heavy atom. The van der Waals surface area contributed by atoms with Gasteiger partial charge in [-0.3, -0.25) is 4.90 Å². The first kappa shape index (κ1) is 11.4. The lowest BCUT2D eigenvalue weighted by Gasteiger charge is -2.36. The normalized spacial score (nSPS) is 33.2. The summed E-state index contributed by atoms with van der Waals surface area (Å²) >= 11 is 0. The first-order chi connectivity index (χ1) is 7.25. The molecule has 0 aromatic heterocycles. The predicted octanol–water partition coefficient (Wildman–Crippen LogP) is 1.24. The first-order valence-electron chi connectivity index (χ1n) is 6.34. The molecule has 3 heteroatoms. The monoisotopic (exact) mass is 212 g/mol. The second-order valence-electron chi connectivity index (χ2n) is 5.07. The van der Waals surface area contributed by atoms with Crippen molar-refractivity contribution in [3.8, 4) is 0 Å². The van der Waals surface area contributed by atoms with E-state index in [1.165, 1.54) is 32.4 Å². The Morgan fingerprint density at radius 1 is 1.33 bits per heavy atom. The van der Waals surface area contributed by atoms with Crippen LogP contribution in [0.2, 0.25) is 0 Å². The van der Waals surface area contributed by atoms with Crippen molar-refractivity contribution in [3.63, 3.8) is 0 Å². The molecule has 0 aromatic carbocycles. The van der Waals surface area contributed by atoms with E-state index in [4.69, 9.17) is 4.74 Å². The van der Waals surface area contributed by atoms with Crippen LogP contribution in [0.25, 0.3) is 0 Å². The minimum absolute atomic E-state index is 0.414. The van der Waals surface area contributed by atoms with Crippen LogP contribution >= 0.6 is 0 Å². The summed E-state index contributed by atoms with van der Waals surface area (Å²) in [5.41, 5.74) is 0. The number of hydrogen-bond acceptors (Lipinski definition) is 3. The van der Waals surface area contributed by atoms with Gasteiger partial charge in [-0.05, 0) is 46.2 Å². The highest BCUT2D eigenvalue weighted by atomic mass is 16.5. The smallest absolute Gasteiger partial charge is 0.0674 e. The molecule has 0 bridgehead atoms. The van der Waals surface area contributed by atoms with Crippen molar-refractivity contribution >= 4 is 0 Å². The highest BCUT2D eigenvalue weighted by Gasteiger charge is 2.23. The quantitative estimate of drug-likeness (QED) is 0.694. The number of nitrogens with one attached hydrogen (secondary N) is 1.